The minimum Gasteiger partial charge on any atom is -0.363 e. The number of hydrogen-bond acceptors (Lipinski definition) is 5. The summed E-state index contributed by atoms with van der Waals surface area (Å²) in [7, 11) is 0. The third-order valence-corrected chi connectivity index (χ3v) is 6.43. The summed E-state index contributed by atoms with van der Waals surface area (Å²) >= 11 is 3.57. The summed E-state index contributed by atoms with van der Waals surface area (Å²) < 4.78 is 0. The minimum absolute atomic E-state index is 0.480. The van der Waals surface area contributed by atoms with Gasteiger partial charge in [0.05, 0.1) is 17.2 Å². The van der Waals surface area contributed by atoms with Gasteiger partial charge in [0.1, 0.15) is 5.01 Å². The van der Waals surface area contributed by atoms with Crippen molar-refractivity contribution in [3.05, 3.63) is 33.1 Å². The Labute approximate surface area is 158 Å². The molecule has 0 radical (unpaired) electrons. The van der Waals surface area contributed by atoms with Crippen LogP contribution in [0.4, 0.5) is 5.00 Å². The van der Waals surface area contributed by atoms with Crippen LogP contribution in [-0.2, 0) is 6.54 Å². The zero-order valence-electron chi connectivity index (χ0n) is 15.2. The van der Waals surface area contributed by atoms with Crippen molar-refractivity contribution in [1.29, 1.82) is 0 Å². The number of thiophene rings is 1. The smallest absolute Gasteiger partial charge is 0.191 e. The van der Waals surface area contributed by atoms with E-state index in [1.54, 1.807) is 11.3 Å². The Morgan fingerprint density at radius 3 is 2.76 bits per heavy atom. The maximum atomic E-state index is 4.73. The first-order valence-electron chi connectivity index (χ1n) is 8.92. The number of guanidine groups is 1. The Balaban J connectivity index is 1.54. The predicted molar refractivity (Wildman–Crippen MR) is 109 cm³/mol. The van der Waals surface area contributed by atoms with Crippen LogP contribution in [0.2, 0.25) is 0 Å². The summed E-state index contributed by atoms with van der Waals surface area (Å²) in [4.78, 5) is 13.1. The predicted octanol–water partition coefficient (Wildman–Crippen LogP) is 3.55. The lowest BCUT2D eigenvalue weighted by atomic mass is 10.1. The van der Waals surface area contributed by atoms with Gasteiger partial charge in [0.2, 0.25) is 0 Å². The molecule has 3 rings (SSSR count). The Hall–Kier alpha value is -1.60. The highest BCUT2D eigenvalue weighted by atomic mass is 32.1. The SMILES string of the molecule is CCNC(=NCc1nc(C)c(C)s1)NC1CCN(c2cccs2)CC1. The molecule has 1 aliphatic rings. The minimum atomic E-state index is 0.480. The van der Waals surface area contributed by atoms with E-state index in [9.17, 15) is 0 Å². The van der Waals surface area contributed by atoms with E-state index < -0.39 is 0 Å². The molecule has 2 N–H and O–H groups in total. The van der Waals surface area contributed by atoms with Crippen LogP contribution in [0.3, 0.4) is 0 Å². The lowest BCUT2D eigenvalue weighted by Gasteiger charge is -2.33. The summed E-state index contributed by atoms with van der Waals surface area (Å²) in [6, 6.07) is 4.82. The van der Waals surface area contributed by atoms with Crippen LogP contribution < -0.4 is 15.5 Å². The highest BCUT2D eigenvalue weighted by molar-refractivity contribution is 7.14. The van der Waals surface area contributed by atoms with Crippen LogP contribution >= 0.6 is 22.7 Å². The molecule has 2 aromatic heterocycles. The molecule has 0 unspecified atom stereocenters. The summed E-state index contributed by atoms with van der Waals surface area (Å²) in [5, 5.41) is 11.6. The lowest BCUT2D eigenvalue weighted by Crippen LogP contribution is -2.48. The molecule has 1 saturated heterocycles. The van der Waals surface area contributed by atoms with Gasteiger partial charge in [-0.15, -0.1) is 22.7 Å². The Kier molecular flexibility index (Phi) is 6.31. The second-order valence-electron chi connectivity index (χ2n) is 6.30. The molecule has 7 heteroatoms. The molecule has 0 aliphatic carbocycles. The van der Waals surface area contributed by atoms with Gasteiger partial charge in [0.25, 0.3) is 0 Å². The Bertz CT molecular complexity index is 665. The molecule has 0 atom stereocenters. The van der Waals surface area contributed by atoms with Crippen molar-refractivity contribution in [3.63, 3.8) is 0 Å². The molecule has 3 heterocycles. The van der Waals surface area contributed by atoms with Gasteiger partial charge in [-0.25, -0.2) is 9.98 Å². The first-order valence-corrected chi connectivity index (χ1v) is 10.6. The zero-order valence-corrected chi connectivity index (χ0v) is 16.8. The van der Waals surface area contributed by atoms with Gasteiger partial charge in [-0.05, 0) is 51.1 Å². The van der Waals surface area contributed by atoms with Crippen molar-refractivity contribution in [2.24, 2.45) is 4.99 Å². The summed E-state index contributed by atoms with van der Waals surface area (Å²) in [5.41, 5.74) is 1.12. The maximum absolute atomic E-state index is 4.73. The number of thiazole rings is 1. The number of hydrogen-bond donors (Lipinski definition) is 2. The Morgan fingerprint density at radius 1 is 1.36 bits per heavy atom. The van der Waals surface area contributed by atoms with Gasteiger partial charge in [0.15, 0.2) is 5.96 Å². The number of rotatable bonds is 5. The fraction of sp³-hybridized carbons (Fsp3) is 0.556. The number of anilines is 1. The molecule has 0 saturated carbocycles. The lowest BCUT2D eigenvalue weighted by molar-refractivity contribution is 0.463. The number of aliphatic imine (C=N–C) groups is 1. The molecule has 1 aliphatic heterocycles. The van der Waals surface area contributed by atoms with E-state index >= 15 is 0 Å². The van der Waals surface area contributed by atoms with E-state index in [1.165, 1.54) is 9.88 Å². The molecule has 2 aromatic rings. The van der Waals surface area contributed by atoms with Crippen LogP contribution in [0, 0.1) is 13.8 Å². The third kappa shape index (κ3) is 4.95. The largest absolute Gasteiger partial charge is 0.363 e. The van der Waals surface area contributed by atoms with E-state index in [0.717, 1.165) is 49.1 Å². The van der Waals surface area contributed by atoms with Crippen molar-refractivity contribution in [1.82, 2.24) is 15.6 Å². The van der Waals surface area contributed by atoms with Crippen LogP contribution in [0.15, 0.2) is 22.5 Å². The van der Waals surface area contributed by atoms with Gasteiger partial charge in [-0.2, -0.15) is 0 Å². The van der Waals surface area contributed by atoms with E-state index in [1.807, 2.05) is 11.3 Å². The molecular weight excluding hydrogens is 350 g/mol. The van der Waals surface area contributed by atoms with Gasteiger partial charge < -0.3 is 15.5 Å². The molecule has 0 aromatic carbocycles. The molecule has 0 bridgehead atoms. The molecule has 1 fully saturated rings. The highest BCUT2D eigenvalue weighted by Crippen LogP contribution is 2.24. The van der Waals surface area contributed by atoms with Gasteiger partial charge in [0, 0.05) is 30.6 Å². The first-order chi connectivity index (χ1) is 12.2. The quantitative estimate of drug-likeness (QED) is 0.618. The average molecular weight is 378 g/mol. The highest BCUT2D eigenvalue weighted by Gasteiger charge is 2.20. The van der Waals surface area contributed by atoms with Crippen molar-refractivity contribution < 1.29 is 0 Å². The van der Waals surface area contributed by atoms with Crippen molar-refractivity contribution in [2.45, 2.75) is 46.2 Å². The van der Waals surface area contributed by atoms with E-state index in [4.69, 9.17) is 4.99 Å². The van der Waals surface area contributed by atoms with Crippen LogP contribution in [0.5, 0.6) is 0 Å². The molecule has 25 heavy (non-hydrogen) atoms. The number of aromatic nitrogens is 1. The molecule has 0 spiro atoms. The number of piperidine rings is 1. The normalized spacial score (nSPS) is 16.3. The molecule has 0 amide bonds. The van der Waals surface area contributed by atoms with E-state index in [2.05, 4.69) is 58.8 Å². The van der Waals surface area contributed by atoms with E-state index in [0.29, 0.717) is 12.6 Å². The third-order valence-electron chi connectivity index (χ3n) is 4.44. The second kappa shape index (κ2) is 8.67. The molecule has 136 valence electrons. The second-order valence-corrected chi connectivity index (χ2v) is 8.52. The maximum Gasteiger partial charge on any atom is 0.191 e. The van der Waals surface area contributed by atoms with E-state index in [-0.39, 0.29) is 0 Å². The number of nitrogens with one attached hydrogen (secondary N) is 2. The number of nitrogens with zero attached hydrogens (tertiary/aromatic N) is 3. The fourth-order valence-electron chi connectivity index (χ4n) is 2.96. The van der Waals surface area contributed by atoms with Crippen LogP contribution in [-0.4, -0.2) is 36.6 Å². The summed E-state index contributed by atoms with van der Waals surface area (Å²) in [5.74, 6) is 0.905. The van der Waals surface area contributed by atoms with Crippen molar-refractivity contribution >= 4 is 33.6 Å². The van der Waals surface area contributed by atoms with Gasteiger partial charge in [-0.3, -0.25) is 0 Å². The van der Waals surface area contributed by atoms with Crippen LogP contribution in [0.25, 0.3) is 0 Å². The fourth-order valence-corrected chi connectivity index (χ4v) is 4.60. The average Bonchev–Trinajstić information content (AvgIpc) is 3.24. The van der Waals surface area contributed by atoms with Crippen molar-refractivity contribution in [2.75, 3.05) is 24.5 Å². The zero-order chi connectivity index (χ0) is 17.6. The Morgan fingerprint density at radius 2 is 2.16 bits per heavy atom. The molecule has 5 nitrogen and oxygen atoms in total. The van der Waals surface area contributed by atoms with Gasteiger partial charge in [-0.1, -0.05) is 0 Å². The number of aryl methyl sites for hydroxylation is 2. The van der Waals surface area contributed by atoms with Gasteiger partial charge >= 0.3 is 0 Å². The first kappa shape index (κ1) is 18.2. The standard InChI is InChI=1S/C18H27N5S2/c1-4-19-18(20-12-16-21-13(2)14(3)25-16)22-15-7-9-23(10-8-15)17-6-5-11-24-17/h5-6,11,15H,4,7-10,12H2,1-3H3,(H2,19,20,22). The van der Waals surface area contributed by atoms with Crippen LogP contribution in [0.1, 0.15) is 35.3 Å². The summed E-state index contributed by atoms with van der Waals surface area (Å²) in [6.07, 6.45) is 2.27. The monoisotopic (exact) mass is 377 g/mol. The van der Waals surface area contributed by atoms with Crippen molar-refractivity contribution in [3.8, 4) is 0 Å². The summed E-state index contributed by atoms with van der Waals surface area (Å²) in [6.45, 7) is 9.99. The molecular formula is C18H27N5S2. The topological polar surface area (TPSA) is 52.6 Å².